The Labute approximate surface area is 120 Å². The van der Waals surface area contributed by atoms with Crippen LogP contribution in [-0.2, 0) is 4.79 Å². The number of hydrogen-bond acceptors (Lipinski definition) is 4. The molecule has 0 radical (unpaired) electrons. The molecule has 5 heteroatoms. The minimum atomic E-state index is -0.630. The largest absolute Gasteiger partial charge is 0.497 e. The summed E-state index contributed by atoms with van der Waals surface area (Å²) in [7, 11) is 1.60. The number of amides is 1. The molecule has 0 aliphatic rings. The number of benzene rings is 1. The number of ether oxygens (including phenoxy) is 2. The highest BCUT2D eigenvalue weighted by Gasteiger charge is 2.19. The second kappa shape index (κ2) is 7.75. The molecule has 0 aliphatic carbocycles. The van der Waals surface area contributed by atoms with Crippen molar-refractivity contribution in [3.8, 4) is 11.5 Å². The van der Waals surface area contributed by atoms with E-state index in [2.05, 4.69) is 5.32 Å². The van der Waals surface area contributed by atoms with Gasteiger partial charge in [0.2, 0.25) is 0 Å². The second-order valence-corrected chi connectivity index (χ2v) is 4.60. The van der Waals surface area contributed by atoms with Crippen LogP contribution in [0.3, 0.4) is 0 Å². The van der Waals surface area contributed by atoms with Gasteiger partial charge in [0, 0.05) is 17.7 Å². The number of rotatable bonds is 8. The SMILES string of the molecule is CCNC(C)c1ccc(OC)cc1OC(CC)C(N)=O. The summed E-state index contributed by atoms with van der Waals surface area (Å²) in [5, 5.41) is 3.32. The minimum absolute atomic E-state index is 0.117. The van der Waals surface area contributed by atoms with Gasteiger partial charge in [0.15, 0.2) is 6.10 Å². The maximum Gasteiger partial charge on any atom is 0.258 e. The third-order valence-corrected chi connectivity index (χ3v) is 3.15. The Morgan fingerprint density at radius 2 is 2.10 bits per heavy atom. The molecule has 1 amide bonds. The molecule has 0 heterocycles. The summed E-state index contributed by atoms with van der Waals surface area (Å²) < 4.78 is 11.0. The Morgan fingerprint density at radius 1 is 1.40 bits per heavy atom. The van der Waals surface area contributed by atoms with E-state index in [0.717, 1.165) is 12.1 Å². The predicted molar refractivity (Wildman–Crippen MR) is 79.0 cm³/mol. The van der Waals surface area contributed by atoms with Gasteiger partial charge in [0.25, 0.3) is 5.91 Å². The van der Waals surface area contributed by atoms with E-state index in [1.165, 1.54) is 0 Å². The van der Waals surface area contributed by atoms with Crippen LogP contribution >= 0.6 is 0 Å². The van der Waals surface area contributed by atoms with Crippen molar-refractivity contribution in [1.29, 1.82) is 0 Å². The van der Waals surface area contributed by atoms with Crippen molar-refractivity contribution < 1.29 is 14.3 Å². The quantitative estimate of drug-likeness (QED) is 0.764. The van der Waals surface area contributed by atoms with Gasteiger partial charge in [-0.2, -0.15) is 0 Å². The molecule has 0 aromatic heterocycles. The van der Waals surface area contributed by atoms with Gasteiger partial charge in [-0.15, -0.1) is 0 Å². The zero-order valence-electron chi connectivity index (χ0n) is 12.6. The van der Waals surface area contributed by atoms with Gasteiger partial charge in [-0.3, -0.25) is 4.79 Å². The number of methoxy groups -OCH3 is 1. The molecule has 2 atom stereocenters. The summed E-state index contributed by atoms with van der Waals surface area (Å²) in [6, 6.07) is 5.72. The Morgan fingerprint density at radius 3 is 2.60 bits per heavy atom. The standard InChI is InChI=1S/C15H24N2O3/c1-5-13(15(16)18)20-14-9-11(19-4)7-8-12(14)10(3)17-6-2/h7-10,13,17H,5-6H2,1-4H3,(H2,16,18). The third kappa shape index (κ3) is 4.13. The Hall–Kier alpha value is -1.75. The smallest absolute Gasteiger partial charge is 0.258 e. The van der Waals surface area contributed by atoms with Gasteiger partial charge >= 0.3 is 0 Å². The second-order valence-electron chi connectivity index (χ2n) is 4.60. The number of carbonyl (C=O) groups excluding carboxylic acids is 1. The molecule has 0 spiro atoms. The van der Waals surface area contributed by atoms with E-state index in [9.17, 15) is 4.79 Å². The van der Waals surface area contributed by atoms with E-state index < -0.39 is 12.0 Å². The van der Waals surface area contributed by atoms with Crippen LogP contribution < -0.4 is 20.5 Å². The molecule has 1 rings (SSSR count). The van der Waals surface area contributed by atoms with E-state index in [0.29, 0.717) is 17.9 Å². The van der Waals surface area contributed by atoms with Crippen LogP contribution in [0.5, 0.6) is 11.5 Å². The van der Waals surface area contributed by atoms with Crippen molar-refractivity contribution >= 4 is 5.91 Å². The molecular formula is C15H24N2O3. The van der Waals surface area contributed by atoms with Crippen LogP contribution in [0.1, 0.15) is 38.8 Å². The first-order valence-corrected chi connectivity index (χ1v) is 6.90. The molecule has 20 heavy (non-hydrogen) atoms. The number of nitrogens with two attached hydrogens (primary N) is 1. The van der Waals surface area contributed by atoms with E-state index in [1.54, 1.807) is 13.2 Å². The fourth-order valence-electron chi connectivity index (χ4n) is 2.01. The molecule has 1 aromatic carbocycles. The van der Waals surface area contributed by atoms with Crippen LogP contribution in [0.15, 0.2) is 18.2 Å². The maximum atomic E-state index is 11.3. The lowest BCUT2D eigenvalue weighted by molar-refractivity contribution is -0.124. The highest BCUT2D eigenvalue weighted by Crippen LogP contribution is 2.30. The van der Waals surface area contributed by atoms with E-state index in [1.807, 2.05) is 32.9 Å². The topological polar surface area (TPSA) is 73.6 Å². The van der Waals surface area contributed by atoms with Crippen molar-refractivity contribution in [3.63, 3.8) is 0 Å². The first-order valence-electron chi connectivity index (χ1n) is 6.90. The van der Waals surface area contributed by atoms with Crippen LogP contribution in [0.2, 0.25) is 0 Å². The highest BCUT2D eigenvalue weighted by molar-refractivity contribution is 5.79. The zero-order chi connectivity index (χ0) is 15.1. The number of hydrogen-bond donors (Lipinski definition) is 2. The monoisotopic (exact) mass is 280 g/mol. The molecular weight excluding hydrogens is 256 g/mol. The molecule has 1 aromatic rings. The van der Waals surface area contributed by atoms with Crippen LogP contribution in [0.4, 0.5) is 0 Å². The normalized spacial score (nSPS) is 13.6. The van der Waals surface area contributed by atoms with Gasteiger partial charge in [0.1, 0.15) is 11.5 Å². The average Bonchev–Trinajstić information content (AvgIpc) is 2.44. The van der Waals surface area contributed by atoms with Crippen molar-refractivity contribution in [1.82, 2.24) is 5.32 Å². The van der Waals surface area contributed by atoms with Gasteiger partial charge < -0.3 is 20.5 Å². The first kappa shape index (κ1) is 16.3. The van der Waals surface area contributed by atoms with Crippen molar-refractivity contribution in [3.05, 3.63) is 23.8 Å². The molecule has 0 aliphatic heterocycles. The minimum Gasteiger partial charge on any atom is -0.497 e. The van der Waals surface area contributed by atoms with Crippen molar-refractivity contribution in [2.24, 2.45) is 5.73 Å². The van der Waals surface area contributed by atoms with E-state index >= 15 is 0 Å². The van der Waals surface area contributed by atoms with Crippen molar-refractivity contribution in [2.75, 3.05) is 13.7 Å². The number of primary amides is 1. The van der Waals surface area contributed by atoms with Gasteiger partial charge in [0.05, 0.1) is 7.11 Å². The molecule has 112 valence electrons. The van der Waals surface area contributed by atoms with Crippen LogP contribution in [0, 0.1) is 0 Å². The molecule has 0 fully saturated rings. The molecule has 5 nitrogen and oxygen atoms in total. The lowest BCUT2D eigenvalue weighted by Crippen LogP contribution is -2.33. The molecule has 2 unspecified atom stereocenters. The molecule has 0 saturated carbocycles. The third-order valence-electron chi connectivity index (χ3n) is 3.15. The fourth-order valence-corrected chi connectivity index (χ4v) is 2.01. The zero-order valence-corrected chi connectivity index (χ0v) is 12.6. The average molecular weight is 280 g/mol. The molecule has 3 N–H and O–H groups in total. The fraction of sp³-hybridized carbons (Fsp3) is 0.533. The van der Waals surface area contributed by atoms with E-state index in [4.69, 9.17) is 15.2 Å². The molecule has 0 bridgehead atoms. The highest BCUT2D eigenvalue weighted by atomic mass is 16.5. The Kier molecular flexibility index (Phi) is 6.31. The summed E-state index contributed by atoms with van der Waals surface area (Å²) >= 11 is 0. The molecule has 0 saturated heterocycles. The van der Waals surface area contributed by atoms with Gasteiger partial charge in [-0.1, -0.05) is 19.9 Å². The maximum absolute atomic E-state index is 11.3. The van der Waals surface area contributed by atoms with Crippen molar-refractivity contribution in [2.45, 2.75) is 39.3 Å². The van der Waals surface area contributed by atoms with E-state index in [-0.39, 0.29) is 6.04 Å². The Balaban J connectivity index is 3.08. The van der Waals surface area contributed by atoms with Gasteiger partial charge in [-0.05, 0) is 26.0 Å². The van der Waals surface area contributed by atoms with Gasteiger partial charge in [-0.25, -0.2) is 0 Å². The summed E-state index contributed by atoms with van der Waals surface area (Å²) in [5.41, 5.74) is 6.32. The lowest BCUT2D eigenvalue weighted by Gasteiger charge is -2.21. The van der Waals surface area contributed by atoms with Crippen LogP contribution in [0.25, 0.3) is 0 Å². The Bertz CT molecular complexity index is 449. The number of carbonyl (C=O) groups is 1. The van der Waals surface area contributed by atoms with Crippen LogP contribution in [-0.4, -0.2) is 25.7 Å². The summed E-state index contributed by atoms with van der Waals surface area (Å²) in [6.45, 7) is 6.80. The first-order chi connectivity index (χ1) is 9.53. The number of nitrogens with one attached hydrogen (secondary N) is 1. The summed E-state index contributed by atoms with van der Waals surface area (Å²) in [4.78, 5) is 11.3. The summed E-state index contributed by atoms with van der Waals surface area (Å²) in [6.07, 6.45) is -0.101. The summed E-state index contributed by atoms with van der Waals surface area (Å²) in [5.74, 6) is 0.854. The lowest BCUT2D eigenvalue weighted by atomic mass is 10.1. The predicted octanol–water partition coefficient (Wildman–Crippen LogP) is 2.01.